The number of nitrogens with two attached hydrogens (primary N) is 1. The number of rotatable bonds is 15. The summed E-state index contributed by atoms with van der Waals surface area (Å²) in [5.74, 6) is -4.18. The number of amides is 5. The molecule has 1 aromatic carbocycles. The first-order chi connectivity index (χ1) is 22.9. The highest BCUT2D eigenvalue weighted by Crippen LogP contribution is 2.17. The Balaban J connectivity index is -0.000000526. The van der Waals surface area contributed by atoms with E-state index in [-0.39, 0.29) is 60.8 Å². The second kappa shape index (κ2) is 31.8. The zero-order valence-electron chi connectivity index (χ0n) is 30.9. The van der Waals surface area contributed by atoms with E-state index >= 15 is 0 Å². The summed E-state index contributed by atoms with van der Waals surface area (Å²) in [4.78, 5) is 78.4. The number of primary amides is 1. The molecule has 49 heavy (non-hydrogen) atoms. The SMILES string of the molecule is CC.CC.CC(=O)OCc1ccc(NC(=O)CNC(=O)C(NC(=O)CNC(C)C)C(C)C)cc1C(=O)O.CCC(=O)O.CCCNC(N)=O. The fraction of sp³-hybridized carbons (Fsp3) is 0.606. The zero-order chi connectivity index (χ0) is 39.1. The number of carbonyl (C=O) groups is 7. The molecule has 5 amide bonds. The molecular weight excluding hydrogens is 640 g/mol. The number of hydrogen-bond donors (Lipinski definition) is 8. The number of esters is 1. The van der Waals surface area contributed by atoms with Crippen LogP contribution in [-0.2, 0) is 35.3 Å². The number of carboxylic acid groups (broad SMARTS) is 2. The van der Waals surface area contributed by atoms with Crippen LogP contribution in [0.15, 0.2) is 18.2 Å². The average Bonchev–Trinajstić information content (AvgIpc) is 3.05. The lowest BCUT2D eigenvalue weighted by molar-refractivity contribution is -0.142. The van der Waals surface area contributed by atoms with E-state index in [4.69, 9.17) is 15.6 Å². The van der Waals surface area contributed by atoms with Crippen molar-refractivity contribution in [3.63, 3.8) is 0 Å². The van der Waals surface area contributed by atoms with E-state index in [0.717, 1.165) is 6.42 Å². The van der Waals surface area contributed by atoms with Gasteiger partial charge in [0, 0.05) is 37.2 Å². The van der Waals surface area contributed by atoms with Gasteiger partial charge >= 0.3 is 23.9 Å². The van der Waals surface area contributed by atoms with Crippen LogP contribution in [0.2, 0.25) is 0 Å². The predicted octanol–water partition coefficient (Wildman–Crippen LogP) is 3.24. The van der Waals surface area contributed by atoms with E-state index in [9.17, 15) is 38.7 Å². The fourth-order valence-electron chi connectivity index (χ4n) is 2.95. The van der Waals surface area contributed by atoms with Gasteiger partial charge < -0.3 is 47.3 Å². The molecule has 282 valence electrons. The van der Waals surface area contributed by atoms with Gasteiger partial charge in [0.05, 0.1) is 18.7 Å². The summed E-state index contributed by atoms with van der Waals surface area (Å²) in [5, 5.41) is 30.1. The third kappa shape index (κ3) is 30.4. The van der Waals surface area contributed by atoms with Crippen LogP contribution in [0, 0.1) is 5.92 Å². The number of carbonyl (C=O) groups excluding carboxylic acids is 5. The van der Waals surface area contributed by atoms with Crippen molar-refractivity contribution in [3.05, 3.63) is 29.3 Å². The molecule has 0 aliphatic carbocycles. The summed E-state index contributed by atoms with van der Waals surface area (Å²) in [6.07, 6.45) is 1.16. The third-order valence-corrected chi connectivity index (χ3v) is 5.27. The second-order valence-corrected chi connectivity index (χ2v) is 10.1. The zero-order valence-corrected chi connectivity index (χ0v) is 30.9. The largest absolute Gasteiger partial charge is 0.481 e. The summed E-state index contributed by atoms with van der Waals surface area (Å²) in [6, 6.07) is 2.98. The summed E-state index contributed by atoms with van der Waals surface area (Å²) in [6.45, 7) is 20.3. The first kappa shape index (κ1) is 51.1. The highest BCUT2D eigenvalue weighted by atomic mass is 16.5. The molecule has 0 bridgehead atoms. The molecule has 16 nitrogen and oxygen atoms in total. The van der Waals surface area contributed by atoms with Crippen molar-refractivity contribution in [1.29, 1.82) is 0 Å². The minimum absolute atomic E-state index is 0.0635. The van der Waals surface area contributed by atoms with Gasteiger partial charge in [0.1, 0.15) is 12.6 Å². The van der Waals surface area contributed by atoms with Crippen molar-refractivity contribution >= 4 is 47.3 Å². The molecule has 0 saturated carbocycles. The van der Waals surface area contributed by atoms with Crippen LogP contribution in [0.25, 0.3) is 0 Å². The van der Waals surface area contributed by atoms with Gasteiger partial charge in [-0.15, -0.1) is 0 Å². The van der Waals surface area contributed by atoms with E-state index in [1.165, 1.54) is 25.1 Å². The number of benzene rings is 1. The molecule has 0 saturated heterocycles. The smallest absolute Gasteiger partial charge is 0.336 e. The maximum absolute atomic E-state index is 12.5. The van der Waals surface area contributed by atoms with Crippen molar-refractivity contribution in [2.75, 3.05) is 25.0 Å². The Hall–Kier alpha value is -4.73. The predicted molar refractivity (Wildman–Crippen MR) is 189 cm³/mol. The number of ether oxygens (including phenoxy) is 1. The Bertz CT molecular complexity index is 1140. The van der Waals surface area contributed by atoms with Crippen molar-refractivity contribution in [2.24, 2.45) is 11.7 Å². The quantitative estimate of drug-likeness (QED) is 0.123. The molecular formula is C33H60N6O10. The van der Waals surface area contributed by atoms with Gasteiger partial charge in [0.15, 0.2) is 0 Å². The molecule has 9 N–H and O–H groups in total. The number of hydrogen-bond acceptors (Lipinski definition) is 9. The van der Waals surface area contributed by atoms with Gasteiger partial charge in [0.25, 0.3) is 0 Å². The van der Waals surface area contributed by atoms with Gasteiger partial charge in [-0.05, 0) is 24.5 Å². The van der Waals surface area contributed by atoms with E-state index < -0.39 is 41.8 Å². The summed E-state index contributed by atoms with van der Waals surface area (Å²) in [5.41, 5.74) is 5.07. The van der Waals surface area contributed by atoms with Crippen LogP contribution < -0.4 is 32.3 Å². The molecule has 0 aromatic heterocycles. The van der Waals surface area contributed by atoms with Crippen LogP contribution >= 0.6 is 0 Å². The molecule has 0 radical (unpaired) electrons. The molecule has 0 spiro atoms. The van der Waals surface area contributed by atoms with E-state index in [1.54, 1.807) is 20.8 Å². The molecule has 0 heterocycles. The first-order valence-corrected chi connectivity index (χ1v) is 16.3. The van der Waals surface area contributed by atoms with Gasteiger partial charge in [-0.1, -0.05) is 75.3 Å². The highest BCUT2D eigenvalue weighted by molar-refractivity contribution is 5.98. The molecule has 0 aliphatic rings. The minimum Gasteiger partial charge on any atom is -0.481 e. The van der Waals surface area contributed by atoms with Crippen LogP contribution in [-0.4, -0.2) is 83.6 Å². The second-order valence-electron chi connectivity index (χ2n) is 10.1. The molecule has 1 unspecified atom stereocenters. The molecule has 16 heteroatoms. The van der Waals surface area contributed by atoms with Gasteiger partial charge in [0.2, 0.25) is 17.7 Å². The van der Waals surface area contributed by atoms with Crippen molar-refractivity contribution < 1.29 is 48.5 Å². The maximum Gasteiger partial charge on any atom is 0.336 e. The highest BCUT2D eigenvalue weighted by Gasteiger charge is 2.24. The lowest BCUT2D eigenvalue weighted by Crippen LogP contribution is -2.52. The van der Waals surface area contributed by atoms with Crippen molar-refractivity contribution in [3.8, 4) is 0 Å². The lowest BCUT2D eigenvalue weighted by Gasteiger charge is -2.22. The number of aromatic carboxylic acids is 1. The third-order valence-electron chi connectivity index (χ3n) is 5.27. The molecule has 0 fully saturated rings. The summed E-state index contributed by atoms with van der Waals surface area (Å²) >= 11 is 0. The molecule has 1 aromatic rings. The van der Waals surface area contributed by atoms with Crippen molar-refractivity contribution in [2.45, 2.75) is 108 Å². The van der Waals surface area contributed by atoms with Crippen molar-refractivity contribution in [1.82, 2.24) is 21.3 Å². The average molecular weight is 701 g/mol. The normalized spacial score (nSPS) is 9.98. The number of nitrogens with one attached hydrogen (secondary N) is 5. The number of aliphatic carboxylic acids is 1. The Kier molecular flexibility index (Phi) is 33.2. The summed E-state index contributed by atoms with van der Waals surface area (Å²) < 4.78 is 4.83. The Labute approximate surface area is 290 Å². The summed E-state index contributed by atoms with van der Waals surface area (Å²) in [7, 11) is 0. The minimum atomic E-state index is -1.25. The van der Waals surface area contributed by atoms with Crippen LogP contribution in [0.3, 0.4) is 0 Å². The molecule has 1 atom stereocenters. The van der Waals surface area contributed by atoms with Gasteiger partial charge in [-0.3, -0.25) is 24.0 Å². The van der Waals surface area contributed by atoms with E-state index in [1.807, 2.05) is 48.5 Å². The Morgan fingerprint density at radius 1 is 0.857 bits per heavy atom. The van der Waals surface area contributed by atoms with E-state index in [2.05, 4.69) is 26.6 Å². The topological polar surface area (TPSA) is 255 Å². The van der Waals surface area contributed by atoms with Crippen LogP contribution in [0.5, 0.6) is 0 Å². The number of urea groups is 1. The fourth-order valence-corrected chi connectivity index (χ4v) is 2.95. The van der Waals surface area contributed by atoms with Gasteiger partial charge in [-0.2, -0.15) is 0 Å². The van der Waals surface area contributed by atoms with Crippen LogP contribution in [0.1, 0.15) is 105 Å². The lowest BCUT2D eigenvalue weighted by atomic mass is 10.0. The molecule has 0 aliphatic heterocycles. The Morgan fingerprint density at radius 3 is 1.80 bits per heavy atom. The standard InChI is InChI=1S/C22H32N4O7.C4H10N2O.C3H6O2.2C2H6/c1-12(2)20(26-19(29)9-23-13(3)4)21(30)24-10-18(28)25-16-7-6-15(11-33-14(5)27)17(8-16)22(31)32;1-2-3-6-4(5)7;1-2-3(4)5;2*1-2/h6-8,12-13,20,23H,9-11H2,1-5H3,(H,24,30)(H,25,28)(H,26,29)(H,31,32);2-3H2,1H3,(H3,5,6,7);2H2,1H3,(H,4,5);2*1-2H3. The van der Waals surface area contributed by atoms with E-state index in [0.29, 0.717) is 6.54 Å². The van der Waals surface area contributed by atoms with Gasteiger partial charge in [-0.25, -0.2) is 9.59 Å². The van der Waals surface area contributed by atoms with Crippen LogP contribution in [0.4, 0.5) is 10.5 Å². The first-order valence-electron chi connectivity index (χ1n) is 16.3. The maximum atomic E-state index is 12.5. The number of carboxylic acids is 2. The Morgan fingerprint density at radius 2 is 1.41 bits per heavy atom. The monoisotopic (exact) mass is 700 g/mol. The number of anilines is 1. The molecule has 1 rings (SSSR count).